The number of rotatable bonds is 5. The van der Waals surface area contributed by atoms with Gasteiger partial charge in [0, 0.05) is 24.3 Å². The molecule has 0 spiro atoms. The highest BCUT2D eigenvalue weighted by Crippen LogP contribution is 2.25. The second-order valence-corrected chi connectivity index (χ2v) is 7.62. The molecule has 0 radical (unpaired) electrons. The van der Waals surface area contributed by atoms with Crippen LogP contribution in [0.15, 0.2) is 47.4 Å². The first-order valence-electron chi connectivity index (χ1n) is 8.21. The van der Waals surface area contributed by atoms with E-state index in [4.69, 9.17) is 5.14 Å². The fourth-order valence-electron chi connectivity index (χ4n) is 2.98. The number of benzene rings is 2. The van der Waals surface area contributed by atoms with Crippen molar-refractivity contribution in [2.75, 3.05) is 18.4 Å². The predicted octanol–water partition coefficient (Wildman–Crippen LogP) is 1.66. The van der Waals surface area contributed by atoms with Crippen molar-refractivity contribution in [2.24, 2.45) is 5.14 Å². The lowest BCUT2D eigenvalue weighted by Crippen LogP contribution is -2.28. The quantitative estimate of drug-likeness (QED) is 0.756. The number of carbonyl (C=O) groups excluding carboxylic acids is 1. The van der Waals surface area contributed by atoms with Crippen LogP contribution < -0.4 is 15.8 Å². The summed E-state index contributed by atoms with van der Waals surface area (Å²) in [6, 6.07) is 12.1. The number of carbonyl (C=O) groups is 1. The molecule has 0 fully saturated rings. The highest BCUT2D eigenvalue weighted by atomic mass is 32.2. The largest absolute Gasteiger partial charge is 0.385 e. The molecular weight excluding hydrogens is 338 g/mol. The molecule has 1 amide bonds. The third kappa shape index (κ3) is 4.18. The van der Waals surface area contributed by atoms with Crippen LogP contribution in [0.25, 0.3) is 0 Å². The Kier molecular flexibility index (Phi) is 5.06. The maximum atomic E-state index is 12.5. The number of nitrogens with one attached hydrogen (secondary N) is 2. The lowest BCUT2D eigenvalue weighted by atomic mass is 9.97. The Morgan fingerprint density at radius 2 is 1.92 bits per heavy atom. The third-order valence-electron chi connectivity index (χ3n) is 4.29. The zero-order chi connectivity index (χ0) is 17.9. The van der Waals surface area contributed by atoms with Crippen LogP contribution in [0.2, 0.25) is 0 Å². The van der Waals surface area contributed by atoms with Gasteiger partial charge in [-0.2, -0.15) is 0 Å². The van der Waals surface area contributed by atoms with Crippen LogP contribution in [-0.4, -0.2) is 27.4 Å². The van der Waals surface area contributed by atoms with E-state index in [1.165, 1.54) is 12.1 Å². The molecule has 1 heterocycles. The molecule has 1 aliphatic heterocycles. The van der Waals surface area contributed by atoms with Crippen LogP contribution in [0.1, 0.15) is 27.9 Å². The van der Waals surface area contributed by atoms with Crippen molar-refractivity contribution in [3.63, 3.8) is 0 Å². The van der Waals surface area contributed by atoms with Gasteiger partial charge in [0.15, 0.2) is 0 Å². The Morgan fingerprint density at radius 1 is 1.16 bits per heavy atom. The Morgan fingerprint density at radius 3 is 2.64 bits per heavy atom. The molecule has 0 aromatic heterocycles. The summed E-state index contributed by atoms with van der Waals surface area (Å²) < 4.78 is 22.5. The highest BCUT2D eigenvalue weighted by molar-refractivity contribution is 7.89. The van der Waals surface area contributed by atoms with Crippen molar-refractivity contribution in [1.82, 2.24) is 5.32 Å². The fraction of sp³-hybridized carbons (Fsp3) is 0.278. The molecule has 2 aromatic carbocycles. The Labute approximate surface area is 147 Å². The van der Waals surface area contributed by atoms with E-state index in [1.54, 1.807) is 12.1 Å². The van der Waals surface area contributed by atoms with E-state index < -0.39 is 10.0 Å². The van der Waals surface area contributed by atoms with E-state index in [0.29, 0.717) is 18.5 Å². The van der Waals surface area contributed by atoms with Crippen LogP contribution in [0, 0.1) is 0 Å². The van der Waals surface area contributed by atoms with Crippen LogP contribution >= 0.6 is 0 Å². The minimum atomic E-state index is -3.67. The monoisotopic (exact) mass is 359 g/mol. The molecule has 0 saturated carbocycles. The first-order valence-corrected chi connectivity index (χ1v) is 9.75. The van der Waals surface area contributed by atoms with Gasteiger partial charge in [-0.15, -0.1) is 0 Å². The zero-order valence-electron chi connectivity index (χ0n) is 13.8. The van der Waals surface area contributed by atoms with Gasteiger partial charge in [0.05, 0.1) is 4.90 Å². The van der Waals surface area contributed by atoms with Gasteiger partial charge >= 0.3 is 0 Å². The summed E-state index contributed by atoms with van der Waals surface area (Å²) >= 11 is 0. The molecule has 7 heteroatoms. The molecule has 0 saturated heterocycles. The topological polar surface area (TPSA) is 101 Å². The van der Waals surface area contributed by atoms with Gasteiger partial charge in [-0.3, -0.25) is 4.79 Å². The van der Waals surface area contributed by atoms with E-state index in [2.05, 4.69) is 10.6 Å². The summed E-state index contributed by atoms with van der Waals surface area (Å²) in [5, 5.41) is 11.3. The molecule has 3 rings (SSSR count). The summed E-state index contributed by atoms with van der Waals surface area (Å²) in [6.07, 6.45) is 2.54. The van der Waals surface area contributed by atoms with Crippen LogP contribution in [0.5, 0.6) is 0 Å². The Hall–Kier alpha value is -2.38. The lowest BCUT2D eigenvalue weighted by molar-refractivity contribution is 0.0953. The molecule has 0 aliphatic carbocycles. The summed E-state index contributed by atoms with van der Waals surface area (Å²) in [4.78, 5) is 12.5. The number of fused-ring (bicyclic) bond motifs is 1. The van der Waals surface area contributed by atoms with Gasteiger partial charge in [-0.25, -0.2) is 13.6 Å². The van der Waals surface area contributed by atoms with Gasteiger partial charge in [-0.05, 0) is 54.7 Å². The summed E-state index contributed by atoms with van der Waals surface area (Å²) in [6.45, 7) is 1.41. The van der Waals surface area contributed by atoms with Crippen molar-refractivity contribution in [3.8, 4) is 0 Å². The molecule has 1 aliphatic rings. The van der Waals surface area contributed by atoms with Gasteiger partial charge in [0.1, 0.15) is 0 Å². The summed E-state index contributed by atoms with van der Waals surface area (Å²) in [5.74, 6) is -0.0818. The average Bonchev–Trinajstić information content (AvgIpc) is 2.61. The second-order valence-electron chi connectivity index (χ2n) is 6.06. The van der Waals surface area contributed by atoms with Gasteiger partial charge in [0.2, 0.25) is 10.0 Å². The lowest BCUT2D eigenvalue weighted by Gasteiger charge is -2.20. The van der Waals surface area contributed by atoms with Gasteiger partial charge < -0.3 is 10.6 Å². The third-order valence-corrected chi connectivity index (χ3v) is 5.22. The van der Waals surface area contributed by atoms with Crippen molar-refractivity contribution in [2.45, 2.75) is 24.2 Å². The molecule has 0 bridgehead atoms. The Balaban J connectivity index is 1.60. The van der Waals surface area contributed by atoms with E-state index in [-0.39, 0.29) is 10.8 Å². The number of hydrogen-bond donors (Lipinski definition) is 3. The smallest absolute Gasteiger partial charge is 0.251 e. The highest BCUT2D eigenvalue weighted by Gasteiger charge is 2.17. The number of hydrogen-bond acceptors (Lipinski definition) is 4. The summed E-state index contributed by atoms with van der Waals surface area (Å²) in [7, 11) is -3.67. The van der Waals surface area contributed by atoms with E-state index in [9.17, 15) is 13.2 Å². The standard InChI is InChI=1S/C18H21N3O3S/c19-25(23,24)14-8-6-13(7-9-14)10-12-21-18(22)16-3-1-5-17-15(16)4-2-11-20-17/h1,3,5-9,20H,2,4,10-12H2,(H,21,22)(H2,19,23,24). The number of anilines is 1. The fourth-order valence-corrected chi connectivity index (χ4v) is 3.50. The van der Waals surface area contributed by atoms with Crippen molar-refractivity contribution < 1.29 is 13.2 Å². The molecule has 4 N–H and O–H groups in total. The normalized spacial score (nSPS) is 13.6. The maximum absolute atomic E-state index is 12.5. The summed E-state index contributed by atoms with van der Waals surface area (Å²) in [5.41, 5.74) is 3.76. The first kappa shape index (κ1) is 17.4. The van der Waals surface area contributed by atoms with Crippen molar-refractivity contribution in [1.29, 1.82) is 0 Å². The van der Waals surface area contributed by atoms with E-state index >= 15 is 0 Å². The van der Waals surface area contributed by atoms with Crippen molar-refractivity contribution >= 4 is 21.6 Å². The number of primary sulfonamides is 1. The predicted molar refractivity (Wildman–Crippen MR) is 97.1 cm³/mol. The zero-order valence-corrected chi connectivity index (χ0v) is 14.6. The van der Waals surface area contributed by atoms with Gasteiger partial charge in [-0.1, -0.05) is 18.2 Å². The maximum Gasteiger partial charge on any atom is 0.251 e. The average molecular weight is 359 g/mol. The second kappa shape index (κ2) is 7.25. The minimum absolute atomic E-state index is 0.0818. The molecule has 0 atom stereocenters. The molecule has 132 valence electrons. The first-order chi connectivity index (χ1) is 11.9. The SMILES string of the molecule is NS(=O)(=O)c1ccc(CCNC(=O)c2cccc3c2CCCN3)cc1. The molecule has 0 unspecified atom stereocenters. The molecule has 6 nitrogen and oxygen atoms in total. The molecule has 25 heavy (non-hydrogen) atoms. The number of amides is 1. The van der Waals surface area contributed by atoms with E-state index in [1.807, 2.05) is 18.2 Å². The number of sulfonamides is 1. The number of nitrogens with two attached hydrogens (primary N) is 1. The van der Waals surface area contributed by atoms with Crippen molar-refractivity contribution in [3.05, 3.63) is 59.2 Å². The van der Waals surface area contributed by atoms with Crippen LogP contribution in [0.4, 0.5) is 5.69 Å². The van der Waals surface area contributed by atoms with E-state index in [0.717, 1.165) is 36.2 Å². The molecule has 2 aromatic rings. The minimum Gasteiger partial charge on any atom is -0.385 e. The van der Waals surface area contributed by atoms with Gasteiger partial charge in [0.25, 0.3) is 5.91 Å². The Bertz CT molecular complexity index is 877. The van der Waals surface area contributed by atoms with Crippen LogP contribution in [-0.2, 0) is 22.9 Å². The molecular formula is C18H21N3O3S. The van der Waals surface area contributed by atoms with Crippen LogP contribution in [0.3, 0.4) is 0 Å².